The van der Waals surface area contributed by atoms with E-state index in [0.29, 0.717) is 12.3 Å². The highest BCUT2D eigenvalue weighted by Gasteiger charge is 2.04. The summed E-state index contributed by atoms with van der Waals surface area (Å²) in [5, 5.41) is 20.9. The minimum absolute atomic E-state index is 0. The monoisotopic (exact) mass is 519 g/mol. The molecule has 3 rings (SSSR count). The van der Waals surface area contributed by atoms with E-state index < -0.39 is 0 Å². The lowest BCUT2D eigenvalue weighted by atomic mass is 10.1. The van der Waals surface area contributed by atoms with Crippen LogP contribution in [0.5, 0.6) is 5.75 Å². The van der Waals surface area contributed by atoms with Gasteiger partial charge in [-0.15, -0.1) is 24.0 Å². The SMILES string of the molecule is CCNC(=NCc1cc(C)c(O)c(C)c1)NCCc1ccc(-n2cccn2)cc1.I. The smallest absolute Gasteiger partial charge is 0.191 e. The molecule has 0 aliphatic rings. The van der Waals surface area contributed by atoms with Gasteiger partial charge >= 0.3 is 0 Å². The minimum atomic E-state index is 0. The lowest BCUT2D eigenvalue weighted by molar-refractivity contribution is 0.466. The van der Waals surface area contributed by atoms with Crippen molar-refractivity contribution >= 4 is 29.9 Å². The van der Waals surface area contributed by atoms with Crippen LogP contribution < -0.4 is 10.6 Å². The summed E-state index contributed by atoms with van der Waals surface area (Å²) < 4.78 is 1.85. The van der Waals surface area contributed by atoms with E-state index in [1.54, 1.807) is 6.20 Å². The Morgan fingerprint density at radius 1 is 1.07 bits per heavy atom. The number of aliphatic imine (C=N–C) groups is 1. The Balaban J connectivity index is 0.00000320. The average Bonchev–Trinajstić information content (AvgIpc) is 3.25. The minimum Gasteiger partial charge on any atom is -0.507 e. The van der Waals surface area contributed by atoms with Crippen LogP contribution in [0.2, 0.25) is 0 Å². The number of hydrogen-bond acceptors (Lipinski definition) is 3. The maximum absolute atomic E-state index is 9.92. The number of nitrogens with one attached hydrogen (secondary N) is 2. The fourth-order valence-corrected chi connectivity index (χ4v) is 3.21. The van der Waals surface area contributed by atoms with Gasteiger partial charge < -0.3 is 15.7 Å². The first-order chi connectivity index (χ1) is 14.1. The van der Waals surface area contributed by atoms with E-state index in [9.17, 15) is 5.11 Å². The Morgan fingerprint density at radius 2 is 1.77 bits per heavy atom. The molecule has 0 bridgehead atoms. The molecule has 0 saturated heterocycles. The highest BCUT2D eigenvalue weighted by Crippen LogP contribution is 2.23. The van der Waals surface area contributed by atoms with Crippen molar-refractivity contribution in [3.8, 4) is 11.4 Å². The summed E-state index contributed by atoms with van der Waals surface area (Å²) in [7, 11) is 0. The molecule has 2 aromatic carbocycles. The highest BCUT2D eigenvalue weighted by molar-refractivity contribution is 14.0. The summed E-state index contributed by atoms with van der Waals surface area (Å²) in [6, 6.07) is 14.3. The number of benzene rings is 2. The van der Waals surface area contributed by atoms with Crippen LogP contribution in [0.4, 0.5) is 0 Å². The molecule has 6 nitrogen and oxygen atoms in total. The third-order valence-electron chi connectivity index (χ3n) is 4.73. The van der Waals surface area contributed by atoms with Crippen molar-refractivity contribution in [3.63, 3.8) is 0 Å². The second-order valence-electron chi connectivity index (χ2n) is 7.07. The molecule has 1 aromatic heterocycles. The molecule has 0 spiro atoms. The Morgan fingerprint density at radius 3 is 2.37 bits per heavy atom. The van der Waals surface area contributed by atoms with E-state index in [1.807, 2.05) is 42.9 Å². The van der Waals surface area contributed by atoms with Crippen LogP contribution in [0.1, 0.15) is 29.2 Å². The lowest BCUT2D eigenvalue weighted by Gasteiger charge is -2.12. The third-order valence-corrected chi connectivity index (χ3v) is 4.73. The molecule has 3 N–H and O–H groups in total. The van der Waals surface area contributed by atoms with Crippen molar-refractivity contribution in [2.24, 2.45) is 4.99 Å². The van der Waals surface area contributed by atoms with Crippen LogP contribution in [0.25, 0.3) is 5.69 Å². The number of nitrogens with zero attached hydrogens (tertiary/aromatic N) is 3. The van der Waals surface area contributed by atoms with Gasteiger partial charge in [-0.2, -0.15) is 5.10 Å². The standard InChI is InChI=1S/C23H29N5O.HI/c1-4-24-23(26-16-20-14-17(2)22(29)18(3)15-20)25-12-10-19-6-8-21(9-7-19)28-13-5-11-27-28;/h5-9,11,13-15,29H,4,10,12,16H2,1-3H3,(H2,24,25,26);1H. The van der Waals surface area contributed by atoms with Crippen molar-refractivity contribution in [1.29, 1.82) is 0 Å². The van der Waals surface area contributed by atoms with Crippen LogP contribution in [0, 0.1) is 13.8 Å². The van der Waals surface area contributed by atoms with Crippen LogP contribution in [0.3, 0.4) is 0 Å². The fourth-order valence-electron chi connectivity index (χ4n) is 3.21. The Hall–Kier alpha value is -2.55. The Kier molecular flexibility index (Phi) is 9.16. The van der Waals surface area contributed by atoms with E-state index in [4.69, 9.17) is 0 Å². The molecule has 0 amide bonds. The van der Waals surface area contributed by atoms with Gasteiger partial charge in [-0.25, -0.2) is 9.67 Å². The number of aromatic hydroxyl groups is 1. The largest absolute Gasteiger partial charge is 0.507 e. The molecule has 0 unspecified atom stereocenters. The van der Waals surface area contributed by atoms with Crippen molar-refractivity contribution in [1.82, 2.24) is 20.4 Å². The van der Waals surface area contributed by atoms with E-state index in [1.165, 1.54) is 5.56 Å². The molecular weight excluding hydrogens is 489 g/mol. The molecule has 0 aliphatic carbocycles. The maximum Gasteiger partial charge on any atom is 0.191 e. The summed E-state index contributed by atoms with van der Waals surface area (Å²) in [5.74, 6) is 1.16. The van der Waals surface area contributed by atoms with Gasteiger partial charge in [0.2, 0.25) is 0 Å². The zero-order chi connectivity index (χ0) is 20.6. The molecule has 0 atom stereocenters. The third kappa shape index (κ3) is 6.48. The van der Waals surface area contributed by atoms with E-state index in [-0.39, 0.29) is 24.0 Å². The zero-order valence-electron chi connectivity index (χ0n) is 17.7. The first kappa shape index (κ1) is 23.7. The van der Waals surface area contributed by atoms with Gasteiger partial charge in [0, 0.05) is 25.5 Å². The van der Waals surface area contributed by atoms with Gasteiger partial charge in [-0.1, -0.05) is 24.3 Å². The number of phenolic OH excluding ortho intramolecular Hbond substituents is 1. The van der Waals surface area contributed by atoms with E-state index in [2.05, 4.69) is 51.9 Å². The van der Waals surface area contributed by atoms with Gasteiger partial charge in [-0.05, 0) is 67.6 Å². The summed E-state index contributed by atoms with van der Waals surface area (Å²) in [6.07, 6.45) is 4.62. The Bertz CT molecular complexity index is 929. The Labute approximate surface area is 195 Å². The molecule has 0 aliphatic heterocycles. The first-order valence-corrected chi connectivity index (χ1v) is 9.97. The van der Waals surface area contributed by atoms with Crippen molar-refractivity contribution in [2.75, 3.05) is 13.1 Å². The fraction of sp³-hybridized carbons (Fsp3) is 0.304. The predicted molar refractivity (Wildman–Crippen MR) is 133 cm³/mol. The summed E-state index contributed by atoms with van der Waals surface area (Å²) in [5.41, 5.74) is 5.16. The quantitative estimate of drug-likeness (QED) is 0.250. The summed E-state index contributed by atoms with van der Waals surface area (Å²) in [4.78, 5) is 4.68. The van der Waals surface area contributed by atoms with Gasteiger partial charge in [0.25, 0.3) is 0 Å². The average molecular weight is 519 g/mol. The molecule has 1 heterocycles. The number of aromatic nitrogens is 2. The van der Waals surface area contributed by atoms with Crippen molar-refractivity contribution in [2.45, 2.75) is 33.7 Å². The highest BCUT2D eigenvalue weighted by atomic mass is 127. The van der Waals surface area contributed by atoms with Crippen molar-refractivity contribution in [3.05, 3.63) is 77.1 Å². The van der Waals surface area contributed by atoms with E-state index in [0.717, 1.165) is 47.8 Å². The molecule has 0 saturated carbocycles. The summed E-state index contributed by atoms with van der Waals surface area (Å²) >= 11 is 0. The van der Waals surface area contributed by atoms with Gasteiger partial charge in [0.1, 0.15) is 5.75 Å². The number of phenols is 1. The molecule has 0 radical (unpaired) electrons. The predicted octanol–water partition coefficient (Wildman–Crippen LogP) is 4.11. The lowest BCUT2D eigenvalue weighted by Crippen LogP contribution is -2.38. The number of guanidine groups is 1. The number of hydrogen-bond donors (Lipinski definition) is 3. The number of rotatable bonds is 7. The second-order valence-corrected chi connectivity index (χ2v) is 7.07. The number of aryl methyl sites for hydroxylation is 2. The van der Waals surface area contributed by atoms with Crippen molar-refractivity contribution < 1.29 is 5.11 Å². The van der Waals surface area contributed by atoms with Crippen LogP contribution in [-0.2, 0) is 13.0 Å². The molecule has 30 heavy (non-hydrogen) atoms. The first-order valence-electron chi connectivity index (χ1n) is 9.97. The van der Waals surface area contributed by atoms with Gasteiger partial charge in [-0.3, -0.25) is 0 Å². The molecule has 0 fully saturated rings. The van der Waals surface area contributed by atoms with Gasteiger partial charge in [0.15, 0.2) is 5.96 Å². The van der Waals surface area contributed by atoms with Crippen LogP contribution >= 0.6 is 24.0 Å². The maximum atomic E-state index is 9.92. The number of halogens is 1. The van der Waals surface area contributed by atoms with Crippen LogP contribution in [0.15, 0.2) is 59.9 Å². The molecule has 160 valence electrons. The zero-order valence-corrected chi connectivity index (χ0v) is 20.1. The summed E-state index contributed by atoms with van der Waals surface area (Å²) in [6.45, 7) is 8.04. The topological polar surface area (TPSA) is 74.5 Å². The molecule has 3 aromatic rings. The molecular formula is C23H30IN5O. The second kappa shape index (κ2) is 11.6. The molecule has 7 heteroatoms. The van der Waals surface area contributed by atoms with E-state index >= 15 is 0 Å². The normalized spacial score (nSPS) is 11.1. The van der Waals surface area contributed by atoms with Crippen LogP contribution in [-0.4, -0.2) is 33.9 Å². The van der Waals surface area contributed by atoms with Gasteiger partial charge in [0.05, 0.1) is 12.2 Å².